The Morgan fingerprint density at radius 3 is 2.87 bits per heavy atom. The van der Waals surface area contributed by atoms with Crippen molar-refractivity contribution in [1.29, 1.82) is 0 Å². The maximum atomic E-state index is 11.9. The van der Waals surface area contributed by atoms with Gasteiger partial charge in [-0.05, 0) is 18.2 Å². The molecule has 0 aliphatic rings. The van der Waals surface area contributed by atoms with Crippen LogP contribution in [-0.2, 0) is 17.8 Å². The molecule has 0 saturated heterocycles. The number of phenols is 2. The third-order valence-corrected chi connectivity index (χ3v) is 3.17. The summed E-state index contributed by atoms with van der Waals surface area (Å²) in [4.78, 5) is 19.9. The predicted octanol–water partition coefficient (Wildman–Crippen LogP) is 0.1000. The lowest BCUT2D eigenvalue weighted by atomic mass is 10.2. The molecule has 0 saturated carbocycles. The van der Waals surface area contributed by atoms with Gasteiger partial charge in [0.2, 0.25) is 11.8 Å². The number of amides is 1. The van der Waals surface area contributed by atoms with E-state index in [4.69, 9.17) is 0 Å². The molecule has 118 valence electrons. The van der Waals surface area contributed by atoms with E-state index in [0.29, 0.717) is 11.3 Å². The van der Waals surface area contributed by atoms with Crippen molar-refractivity contribution in [2.45, 2.75) is 13.0 Å². The van der Waals surface area contributed by atoms with E-state index in [9.17, 15) is 20.1 Å². The van der Waals surface area contributed by atoms with Gasteiger partial charge in [-0.2, -0.15) is 14.6 Å². The van der Waals surface area contributed by atoms with Crippen molar-refractivity contribution in [2.75, 3.05) is 0 Å². The molecule has 0 aliphatic heterocycles. The van der Waals surface area contributed by atoms with Crippen molar-refractivity contribution in [3.8, 4) is 17.4 Å². The molecule has 2 aromatic heterocycles. The predicted molar refractivity (Wildman–Crippen MR) is 77.8 cm³/mol. The summed E-state index contributed by atoms with van der Waals surface area (Å²) in [5.74, 6) is -0.359. The van der Waals surface area contributed by atoms with Gasteiger partial charge in [0.25, 0.3) is 5.78 Å². The third-order valence-electron chi connectivity index (χ3n) is 3.17. The summed E-state index contributed by atoms with van der Waals surface area (Å²) in [6.45, 7) is 0.0538. The first-order chi connectivity index (χ1) is 11.0. The summed E-state index contributed by atoms with van der Waals surface area (Å²) < 4.78 is 1.15. The maximum absolute atomic E-state index is 11.9. The topological polar surface area (TPSA) is 133 Å². The number of nitrogens with one attached hydrogen (secondary N) is 1. The van der Waals surface area contributed by atoms with Gasteiger partial charge in [0.05, 0.1) is 12.1 Å². The molecule has 9 heteroatoms. The number of aromatic hydroxyl groups is 3. The second-order valence-corrected chi connectivity index (χ2v) is 4.84. The fourth-order valence-corrected chi connectivity index (χ4v) is 2.07. The van der Waals surface area contributed by atoms with E-state index >= 15 is 0 Å². The smallest absolute Gasteiger partial charge is 0.255 e. The Kier molecular flexibility index (Phi) is 3.67. The Hall–Kier alpha value is -3.36. The molecule has 3 aromatic rings. The number of nitrogens with zero attached hydrogens (tertiary/aromatic N) is 4. The Balaban J connectivity index is 1.67. The SMILES string of the molecule is O=C(Cc1cc(O)n2ncnc2n1)NCc1cc(O)ccc1O. The van der Waals surface area contributed by atoms with Crippen LogP contribution in [0.4, 0.5) is 0 Å². The highest BCUT2D eigenvalue weighted by Gasteiger charge is 2.11. The second-order valence-electron chi connectivity index (χ2n) is 4.84. The molecular weight excluding hydrogens is 302 g/mol. The van der Waals surface area contributed by atoms with Gasteiger partial charge < -0.3 is 20.6 Å². The van der Waals surface area contributed by atoms with Gasteiger partial charge in [0, 0.05) is 18.2 Å². The van der Waals surface area contributed by atoms with E-state index in [1.54, 1.807) is 0 Å². The summed E-state index contributed by atoms with van der Waals surface area (Å²) >= 11 is 0. The lowest BCUT2D eigenvalue weighted by Gasteiger charge is -2.08. The minimum atomic E-state index is -0.358. The minimum Gasteiger partial charge on any atom is -0.508 e. The standard InChI is InChI=1S/C14H13N5O4/c20-10-1-2-11(21)8(3-10)6-15-12(22)4-9-5-13(23)19-14(18-9)16-7-17-19/h1-3,5,7,20-21,23H,4,6H2,(H,15,22). The Morgan fingerprint density at radius 1 is 1.22 bits per heavy atom. The summed E-state index contributed by atoms with van der Waals surface area (Å²) in [5.41, 5.74) is 0.725. The summed E-state index contributed by atoms with van der Waals surface area (Å²) in [5, 5.41) is 35.1. The van der Waals surface area contributed by atoms with E-state index in [-0.39, 0.29) is 42.0 Å². The van der Waals surface area contributed by atoms with Crippen LogP contribution in [0.3, 0.4) is 0 Å². The van der Waals surface area contributed by atoms with E-state index < -0.39 is 0 Å². The Bertz CT molecular complexity index is 877. The first kappa shape index (κ1) is 14.6. The van der Waals surface area contributed by atoms with Crippen molar-refractivity contribution in [2.24, 2.45) is 0 Å². The van der Waals surface area contributed by atoms with Crippen molar-refractivity contribution in [3.05, 3.63) is 41.9 Å². The van der Waals surface area contributed by atoms with Gasteiger partial charge in [0.1, 0.15) is 17.8 Å². The van der Waals surface area contributed by atoms with Gasteiger partial charge in [0.15, 0.2) is 0 Å². The summed E-state index contributed by atoms with van der Waals surface area (Å²) in [6, 6.07) is 5.38. The highest BCUT2D eigenvalue weighted by molar-refractivity contribution is 5.78. The number of hydrogen-bond donors (Lipinski definition) is 4. The first-order valence-corrected chi connectivity index (χ1v) is 6.69. The van der Waals surface area contributed by atoms with E-state index in [1.807, 2.05) is 0 Å². The van der Waals surface area contributed by atoms with E-state index in [1.165, 1.54) is 30.6 Å². The molecule has 0 atom stereocenters. The quantitative estimate of drug-likeness (QED) is 0.502. The van der Waals surface area contributed by atoms with Crippen LogP contribution < -0.4 is 5.32 Å². The minimum absolute atomic E-state index is 0.00380. The van der Waals surface area contributed by atoms with Crippen LogP contribution in [-0.4, -0.2) is 40.8 Å². The van der Waals surface area contributed by atoms with Crippen molar-refractivity contribution < 1.29 is 20.1 Å². The van der Waals surface area contributed by atoms with Gasteiger partial charge in [-0.25, -0.2) is 4.98 Å². The molecule has 1 amide bonds. The van der Waals surface area contributed by atoms with Crippen LogP contribution in [0.1, 0.15) is 11.3 Å². The molecule has 4 N–H and O–H groups in total. The van der Waals surface area contributed by atoms with Crippen molar-refractivity contribution in [1.82, 2.24) is 24.9 Å². The molecule has 0 fully saturated rings. The lowest BCUT2D eigenvalue weighted by molar-refractivity contribution is -0.120. The second kappa shape index (κ2) is 5.79. The zero-order valence-corrected chi connectivity index (χ0v) is 11.8. The molecule has 1 aromatic carbocycles. The third kappa shape index (κ3) is 3.12. The fraction of sp³-hybridized carbons (Fsp3) is 0.143. The number of carbonyl (C=O) groups excluding carboxylic acids is 1. The highest BCUT2D eigenvalue weighted by Crippen LogP contribution is 2.21. The highest BCUT2D eigenvalue weighted by atomic mass is 16.3. The van der Waals surface area contributed by atoms with Gasteiger partial charge in [-0.1, -0.05) is 0 Å². The normalized spacial score (nSPS) is 10.8. The average Bonchev–Trinajstić information content (AvgIpc) is 2.97. The first-order valence-electron chi connectivity index (χ1n) is 6.69. The largest absolute Gasteiger partial charge is 0.508 e. The monoisotopic (exact) mass is 315 g/mol. The number of aromatic nitrogens is 4. The number of benzene rings is 1. The lowest BCUT2D eigenvalue weighted by Crippen LogP contribution is -2.25. The van der Waals surface area contributed by atoms with Crippen molar-refractivity contribution >= 4 is 11.7 Å². The molecule has 9 nitrogen and oxygen atoms in total. The fourth-order valence-electron chi connectivity index (χ4n) is 2.07. The number of hydrogen-bond acceptors (Lipinski definition) is 7. The van der Waals surface area contributed by atoms with Crippen LogP contribution in [0.2, 0.25) is 0 Å². The Morgan fingerprint density at radius 2 is 2.04 bits per heavy atom. The maximum Gasteiger partial charge on any atom is 0.255 e. The molecule has 2 heterocycles. The number of fused-ring (bicyclic) bond motifs is 1. The van der Waals surface area contributed by atoms with E-state index in [2.05, 4.69) is 20.4 Å². The van der Waals surface area contributed by atoms with E-state index in [0.717, 1.165) is 4.52 Å². The van der Waals surface area contributed by atoms with Gasteiger partial charge in [-0.15, -0.1) is 0 Å². The summed E-state index contributed by atoms with van der Waals surface area (Å²) in [7, 11) is 0. The van der Waals surface area contributed by atoms with Crippen LogP contribution in [0.25, 0.3) is 5.78 Å². The number of carbonyl (C=O) groups is 1. The van der Waals surface area contributed by atoms with Crippen LogP contribution >= 0.6 is 0 Å². The molecule has 3 rings (SSSR count). The molecule has 0 spiro atoms. The van der Waals surface area contributed by atoms with Crippen LogP contribution in [0.15, 0.2) is 30.6 Å². The van der Waals surface area contributed by atoms with Crippen LogP contribution in [0, 0.1) is 0 Å². The average molecular weight is 315 g/mol. The molecule has 0 bridgehead atoms. The summed E-state index contributed by atoms with van der Waals surface area (Å²) in [6.07, 6.45) is 1.17. The molecule has 23 heavy (non-hydrogen) atoms. The van der Waals surface area contributed by atoms with Gasteiger partial charge in [-0.3, -0.25) is 4.79 Å². The van der Waals surface area contributed by atoms with Crippen molar-refractivity contribution in [3.63, 3.8) is 0 Å². The molecule has 0 radical (unpaired) electrons. The van der Waals surface area contributed by atoms with Gasteiger partial charge >= 0.3 is 0 Å². The molecule has 0 aliphatic carbocycles. The zero-order valence-electron chi connectivity index (χ0n) is 11.8. The molecular formula is C14H13N5O4. The number of phenolic OH excluding ortho intramolecular Hbond substituents is 2. The number of rotatable bonds is 4. The van der Waals surface area contributed by atoms with Crippen LogP contribution in [0.5, 0.6) is 17.4 Å². The zero-order chi connectivity index (χ0) is 16.4. The Labute approximate surface area is 129 Å². The molecule has 0 unspecified atom stereocenters.